The van der Waals surface area contributed by atoms with Crippen LogP contribution in [0.5, 0.6) is 0 Å². The average Bonchev–Trinajstić information content (AvgIpc) is 2.91. The maximum Gasteiger partial charge on any atom is 0.254 e. The number of likely N-dealkylation sites (tertiary alicyclic amines) is 1. The second-order valence-electron chi connectivity index (χ2n) is 5.54. The van der Waals surface area contributed by atoms with E-state index in [1.165, 1.54) is 18.2 Å². The standard InChI is InChI=1S/C15H18FNO3/c16-12-4-1-3-11(9-12)14(19)17-7-6-15(13(18)10-17)5-2-8-20-15/h1,3-4,9,13,18H,2,5-8,10H2/t13-,15-/m0/s1. The fraction of sp³-hybridized carbons (Fsp3) is 0.533. The van der Waals surface area contributed by atoms with Crippen LogP contribution >= 0.6 is 0 Å². The van der Waals surface area contributed by atoms with Crippen LogP contribution in [0.1, 0.15) is 29.6 Å². The Kier molecular flexibility index (Phi) is 3.48. The molecule has 3 rings (SSSR count). The normalized spacial score (nSPS) is 29.9. The van der Waals surface area contributed by atoms with Gasteiger partial charge in [-0.25, -0.2) is 4.39 Å². The predicted octanol–water partition coefficient (Wildman–Crippen LogP) is 1.58. The minimum atomic E-state index is -0.670. The molecule has 1 amide bonds. The van der Waals surface area contributed by atoms with Crippen LogP contribution in [-0.4, -0.2) is 47.3 Å². The third-order valence-electron chi connectivity index (χ3n) is 4.30. The van der Waals surface area contributed by atoms with E-state index in [0.29, 0.717) is 25.1 Å². The van der Waals surface area contributed by atoms with Crippen LogP contribution in [0.15, 0.2) is 24.3 Å². The van der Waals surface area contributed by atoms with Gasteiger partial charge in [-0.05, 0) is 37.5 Å². The van der Waals surface area contributed by atoms with Gasteiger partial charge in [0.1, 0.15) is 11.9 Å². The molecule has 2 aliphatic rings. The quantitative estimate of drug-likeness (QED) is 0.849. The highest BCUT2D eigenvalue weighted by molar-refractivity contribution is 5.94. The Morgan fingerprint density at radius 3 is 2.95 bits per heavy atom. The molecule has 0 bridgehead atoms. The summed E-state index contributed by atoms with van der Waals surface area (Å²) in [4.78, 5) is 13.9. The summed E-state index contributed by atoms with van der Waals surface area (Å²) >= 11 is 0. The summed E-state index contributed by atoms with van der Waals surface area (Å²) in [5, 5.41) is 10.3. The lowest BCUT2D eigenvalue weighted by Crippen LogP contribution is -2.56. The first-order valence-electron chi connectivity index (χ1n) is 6.98. The highest BCUT2D eigenvalue weighted by atomic mass is 19.1. The SMILES string of the molecule is O=C(c1cccc(F)c1)N1CC[C@@]2(CCCO2)[C@@H](O)C1. The minimum Gasteiger partial charge on any atom is -0.388 e. The zero-order chi connectivity index (χ0) is 14.2. The van der Waals surface area contributed by atoms with Gasteiger partial charge in [0.05, 0.1) is 5.60 Å². The number of carbonyl (C=O) groups is 1. The number of halogens is 1. The van der Waals surface area contributed by atoms with Crippen LogP contribution in [0, 0.1) is 5.82 Å². The second-order valence-corrected chi connectivity index (χ2v) is 5.54. The Bertz CT molecular complexity index is 514. The van der Waals surface area contributed by atoms with Gasteiger partial charge in [0.25, 0.3) is 5.91 Å². The summed E-state index contributed by atoms with van der Waals surface area (Å²) in [6.45, 7) is 1.46. The number of hydrogen-bond acceptors (Lipinski definition) is 3. The molecule has 108 valence electrons. The third-order valence-corrected chi connectivity index (χ3v) is 4.30. The topological polar surface area (TPSA) is 49.8 Å². The van der Waals surface area contributed by atoms with E-state index >= 15 is 0 Å². The van der Waals surface area contributed by atoms with Gasteiger partial charge in [-0.15, -0.1) is 0 Å². The maximum absolute atomic E-state index is 13.2. The van der Waals surface area contributed by atoms with Gasteiger partial charge in [0.15, 0.2) is 0 Å². The fourth-order valence-corrected chi connectivity index (χ4v) is 3.12. The number of carbonyl (C=O) groups excluding carboxylic acids is 1. The number of aliphatic hydroxyl groups excluding tert-OH is 1. The molecule has 20 heavy (non-hydrogen) atoms. The summed E-state index contributed by atoms with van der Waals surface area (Å²) in [6.07, 6.45) is 1.76. The number of β-amino-alcohol motifs (C(OH)–C–C–N with tert-alkyl or cyclic N) is 1. The molecular formula is C15H18FNO3. The number of piperidine rings is 1. The Labute approximate surface area is 117 Å². The lowest BCUT2D eigenvalue weighted by Gasteiger charge is -2.42. The van der Waals surface area contributed by atoms with Gasteiger partial charge in [0.2, 0.25) is 0 Å². The molecule has 0 aliphatic carbocycles. The van der Waals surface area contributed by atoms with Gasteiger partial charge in [0, 0.05) is 25.3 Å². The van der Waals surface area contributed by atoms with Gasteiger partial charge < -0.3 is 14.7 Å². The lowest BCUT2D eigenvalue weighted by molar-refractivity contribution is -0.122. The molecule has 0 radical (unpaired) electrons. The van der Waals surface area contributed by atoms with Crippen LogP contribution in [-0.2, 0) is 4.74 Å². The van der Waals surface area contributed by atoms with E-state index in [-0.39, 0.29) is 12.5 Å². The van der Waals surface area contributed by atoms with E-state index in [1.54, 1.807) is 11.0 Å². The molecule has 0 unspecified atom stereocenters. The van der Waals surface area contributed by atoms with Crippen LogP contribution in [0.3, 0.4) is 0 Å². The zero-order valence-electron chi connectivity index (χ0n) is 11.2. The Morgan fingerprint density at radius 2 is 2.30 bits per heavy atom. The van der Waals surface area contributed by atoms with Crippen molar-refractivity contribution in [3.8, 4) is 0 Å². The largest absolute Gasteiger partial charge is 0.388 e. The van der Waals surface area contributed by atoms with E-state index in [1.807, 2.05) is 0 Å². The first-order valence-corrected chi connectivity index (χ1v) is 6.98. The highest BCUT2D eigenvalue weighted by Crippen LogP contribution is 2.36. The van der Waals surface area contributed by atoms with Crippen molar-refractivity contribution in [3.63, 3.8) is 0 Å². The van der Waals surface area contributed by atoms with Crippen molar-refractivity contribution >= 4 is 5.91 Å². The number of aliphatic hydroxyl groups is 1. The van der Waals surface area contributed by atoms with Crippen molar-refractivity contribution in [2.75, 3.05) is 19.7 Å². The Balaban J connectivity index is 1.72. The van der Waals surface area contributed by atoms with E-state index in [9.17, 15) is 14.3 Å². The molecule has 2 saturated heterocycles. The van der Waals surface area contributed by atoms with Crippen molar-refractivity contribution in [3.05, 3.63) is 35.6 Å². The number of amides is 1. The molecule has 1 N–H and O–H groups in total. The van der Waals surface area contributed by atoms with Crippen molar-refractivity contribution in [1.82, 2.24) is 4.90 Å². The number of benzene rings is 1. The monoisotopic (exact) mass is 279 g/mol. The Hall–Kier alpha value is -1.46. The number of rotatable bonds is 1. The molecule has 1 aromatic rings. The molecule has 4 nitrogen and oxygen atoms in total. The van der Waals surface area contributed by atoms with E-state index in [4.69, 9.17) is 4.74 Å². The molecule has 1 spiro atoms. The Morgan fingerprint density at radius 1 is 1.45 bits per heavy atom. The van der Waals surface area contributed by atoms with E-state index < -0.39 is 17.5 Å². The molecule has 0 saturated carbocycles. The zero-order valence-corrected chi connectivity index (χ0v) is 11.2. The number of ether oxygens (including phenoxy) is 1. The predicted molar refractivity (Wildman–Crippen MR) is 70.8 cm³/mol. The van der Waals surface area contributed by atoms with Gasteiger partial charge >= 0.3 is 0 Å². The summed E-state index contributed by atoms with van der Waals surface area (Å²) in [6, 6.07) is 5.65. The minimum absolute atomic E-state index is 0.239. The molecule has 2 aliphatic heterocycles. The maximum atomic E-state index is 13.2. The average molecular weight is 279 g/mol. The van der Waals surface area contributed by atoms with Gasteiger partial charge in [-0.1, -0.05) is 6.07 Å². The fourth-order valence-electron chi connectivity index (χ4n) is 3.12. The molecule has 2 fully saturated rings. The van der Waals surface area contributed by atoms with E-state index in [2.05, 4.69) is 0 Å². The van der Waals surface area contributed by atoms with Crippen molar-refractivity contribution < 1.29 is 19.0 Å². The smallest absolute Gasteiger partial charge is 0.254 e. The summed E-state index contributed by atoms with van der Waals surface area (Å²) in [5.41, 5.74) is -0.154. The van der Waals surface area contributed by atoms with Crippen LogP contribution in [0.4, 0.5) is 4.39 Å². The molecule has 2 heterocycles. The van der Waals surface area contributed by atoms with Crippen LogP contribution in [0.25, 0.3) is 0 Å². The van der Waals surface area contributed by atoms with Crippen molar-refractivity contribution in [2.24, 2.45) is 0 Å². The highest BCUT2D eigenvalue weighted by Gasteiger charge is 2.46. The lowest BCUT2D eigenvalue weighted by atomic mass is 9.86. The summed E-state index contributed by atoms with van der Waals surface area (Å²) < 4.78 is 18.9. The summed E-state index contributed by atoms with van der Waals surface area (Å²) in [5.74, 6) is -0.666. The first kappa shape index (κ1) is 13.5. The number of nitrogens with zero attached hydrogens (tertiary/aromatic N) is 1. The van der Waals surface area contributed by atoms with Gasteiger partial charge in [-0.2, -0.15) is 0 Å². The molecule has 1 aromatic carbocycles. The number of hydrogen-bond donors (Lipinski definition) is 1. The van der Waals surface area contributed by atoms with E-state index in [0.717, 1.165) is 12.8 Å². The molecular weight excluding hydrogens is 261 g/mol. The first-order chi connectivity index (χ1) is 9.61. The van der Waals surface area contributed by atoms with Crippen LogP contribution < -0.4 is 0 Å². The van der Waals surface area contributed by atoms with Crippen molar-refractivity contribution in [1.29, 1.82) is 0 Å². The molecule has 0 aromatic heterocycles. The molecule has 5 heteroatoms. The van der Waals surface area contributed by atoms with Crippen molar-refractivity contribution in [2.45, 2.75) is 31.0 Å². The summed E-state index contributed by atoms with van der Waals surface area (Å²) in [7, 11) is 0. The third kappa shape index (κ3) is 2.31. The van der Waals surface area contributed by atoms with Gasteiger partial charge in [-0.3, -0.25) is 4.79 Å². The van der Waals surface area contributed by atoms with Crippen LogP contribution in [0.2, 0.25) is 0 Å². The molecule has 2 atom stereocenters. The second kappa shape index (κ2) is 5.14.